The lowest BCUT2D eigenvalue weighted by Gasteiger charge is -2.19. The Kier molecular flexibility index (Phi) is 3.26. The first kappa shape index (κ1) is 10.9. The first-order valence-electron chi connectivity index (χ1n) is 5.14. The van der Waals surface area contributed by atoms with Crippen LogP contribution in [0.3, 0.4) is 0 Å². The summed E-state index contributed by atoms with van der Waals surface area (Å²) in [4.78, 5) is 0. The van der Waals surface area contributed by atoms with Crippen molar-refractivity contribution >= 4 is 21.6 Å². The van der Waals surface area contributed by atoms with Crippen molar-refractivity contribution in [3.8, 4) is 0 Å². The molecule has 2 atom stereocenters. The lowest BCUT2D eigenvalue weighted by atomic mass is 10.1. The van der Waals surface area contributed by atoms with E-state index in [1.165, 1.54) is 6.07 Å². The molecule has 0 radical (unpaired) electrons. The van der Waals surface area contributed by atoms with E-state index < -0.39 is 0 Å². The molecule has 15 heavy (non-hydrogen) atoms. The van der Waals surface area contributed by atoms with Crippen LogP contribution in [0.25, 0.3) is 0 Å². The lowest BCUT2D eigenvalue weighted by molar-refractivity contribution is 0.607. The average Bonchev–Trinajstić information content (AvgIpc) is 2.58. The predicted octanol–water partition coefficient (Wildman–Crippen LogP) is 2.88. The first-order chi connectivity index (χ1) is 7.16. The van der Waals surface area contributed by atoms with Gasteiger partial charge in [-0.25, -0.2) is 4.39 Å². The summed E-state index contributed by atoms with van der Waals surface area (Å²) in [6.07, 6.45) is 3.16. The molecule has 1 fully saturated rings. The van der Waals surface area contributed by atoms with E-state index in [2.05, 4.69) is 21.2 Å². The molecule has 4 heteroatoms. The maximum atomic E-state index is 13.4. The quantitative estimate of drug-likeness (QED) is 0.869. The van der Waals surface area contributed by atoms with Gasteiger partial charge in [-0.15, -0.1) is 0 Å². The summed E-state index contributed by atoms with van der Waals surface area (Å²) in [5, 5.41) is 3.17. The van der Waals surface area contributed by atoms with Crippen molar-refractivity contribution in [3.63, 3.8) is 0 Å². The molecule has 2 rings (SSSR count). The van der Waals surface area contributed by atoms with Crippen molar-refractivity contribution in [2.75, 3.05) is 5.32 Å². The van der Waals surface area contributed by atoms with Gasteiger partial charge in [-0.1, -0.05) is 15.9 Å². The fourth-order valence-electron chi connectivity index (χ4n) is 1.98. The Morgan fingerprint density at radius 1 is 1.40 bits per heavy atom. The zero-order valence-electron chi connectivity index (χ0n) is 8.34. The maximum absolute atomic E-state index is 13.4. The minimum Gasteiger partial charge on any atom is -0.378 e. The Labute approximate surface area is 97.2 Å². The van der Waals surface area contributed by atoms with E-state index in [-0.39, 0.29) is 17.9 Å². The third kappa shape index (κ3) is 2.49. The van der Waals surface area contributed by atoms with Crippen LogP contribution in [-0.2, 0) is 0 Å². The van der Waals surface area contributed by atoms with Gasteiger partial charge in [0.05, 0.1) is 5.69 Å². The van der Waals surface area contributed by atoms with Crippen molar-refractivity contribution in [1.29, 1.82) is 0 Å². The minimum atomic E-state index is -0.225. The zero-order valence-corrected chi connectivity index (χ0v) is 9.93. The summed E-state index contributed by atoms with van der Waals surface area (Å²) in [5.74, 6) is -0.225. The van der Waals surface area contributed by atoms with Gasteiger partial charge in [0, 0.05) is 16.6 Å². The normalized spacial score (nSPS) is 25.5. The largest absolute Gasteiger partial charge is 0.378 e. The SMILES string of the molecule is NC1CCCC1Nc1cc(Br)ccc1F. The topological polar surface area (TPSA) is 38.0 Å². The molecule has 1 aromatic rings. The molecule has 0 aliphatic heterocycles. The minimum absolute atomic E-state index is 0.142. The highest BCUT2D eigenvalue weighted by atomic mass is 79.9. The number of nitrogens with two attached hydrogens (primary N) is 1. The van der Waals surface area contributed by atoms with Gasteiger partial charge in [0.1, 0.15) is 5.82 Å². The van der Waals surface area contributed by atoms with Gasteiger partial charge in [-0.2, -0.15) is 0 Å². The number of rotatable bonds is 2. The molecule has 82 valence electrons. The highest BCUT2D eigenvalue weighted by Crippen LogP contribution is 2.25. The molecular weight excluding hydrogens is 259 g/mol. The van der Waals surface area contributed by atoms with E-state index in [9.17, 15) is 4.39 Å². The number of hydrogen-bond acceptors (Lipinski definition) is 2. The second-order valence-electron chi connectivity index (χ2n) is 3.97. The Hall–Kier alpha value is -0.610. The van der Waals surface area contributed by atoms with Crippen molar-refractivity contribution in [1.82, 2.24) is 0 Å². The van der Waals surface area contributed by atoms with Crippen LogP contribution >= 0.6 is 15.9 Å². The van der Waals surface area contributed by atoms with E-state index in [4.69, 9.17) is 5.73 Å². The molecule has 0 bridgehead atoms. The summed E-state index contributed by atoms with van der Waals surface area (Å²) in [5.41, 5.74) is 6.45. The van der Waals surface area contributed by atoms with E-state index >= 15 is 0 Å². The van der Waals surface area contributed by atoms with Crippen LogP contribution in [0.1, 0.15) is 19.3 Å². The fourth-order valence-corrected chi connectivity index (χ4v) is 2.34. The highest BCUT2D eigenvalue weighted by molar-refractivity contribution is 9.10. The Bertz CT molecular complexity index is 356. The summed E-state index contributed by atoms with van der Waals surface area (Å²) in [6, 6.07) is 5.24. The van der Waals surface area contributed by atoms with Crippen molar-refractivity contribution in [2.24, 2.45) is 5.73 Å². The standard InChI is InChI=1S/C11H14BrFN2/c12-7-4-5-8(13)11(6-7)15-10-3-1-2-9(10)14/h4-6,9-10,15H,1-3,14H2. The van der Waals surface area contributed by atoms with Crippen LogP contribution in [0.5, 0.6) is 0 Å². The summed E-state index contributed by atoms with van der Waals surface area (Å²) in [7, 11) is 0. The molecule has 1 aliphatic carbocycles. The molecule has 0 heterocycles. The molecule has 2 unspecified atom stereocenters. The summed E-state index contributed by atoms with van der Waals surface area (Å²) >= 11 is 3.32. The number of benzene rings is 1. The monoisotopic (exact) mass is 272 g/mol. The van der Waals surface area contributed by atoms with Gasteiger partial charge in [0.15, 0.2) is 0 Å². The number of halogens is 2. The Balaban J connectivity index is 2.12. The molecule has 0 aromatic heterocycles. The van der Waals surface area contributed by atoms with Crippen molar-refractivity contribution in [3.05, 3.63) is 28.5 Å². The van der Waals surface area contributed by atoms with Crippen LogP contribution in [0.15, 0.2) is 22.7 Å². The summed E-state index contributed by atoms with van der Waals surface area (Å²) < 4.78 is 14.3. The average molecular weight is 273 g/mol. The molecule has 1 aromatic carbocycles. The van der Waals surface area contributed by atoms with E-state index in [1.54, 1.807) is 12.1 Å². The van der Waals surface area contributed by atoms with Gasteiger partial charge in [0.2, 0.25) is 0 Å². The molecule has 1 saturated carbocycles. The number of hydrogen-bond donors (Lipinski definition) is 2. The summed E-state index contributed by atoms with van der Waals surface area (Å²) in [6.45, 7) is 0. The van der Waals surface area contributed by atoms with Crippen molar-refractivity contribution in [2.45, 2.75) is 31.3 Å². The fraction of sp³-hybridized carbons (Fsp3) is 0.455. The van der Waals surface area contributed by atoms with Gasteiger partial charge < -0.3 is 11.1 Å². The lowest BCUT2D eigenvalue weighted by Crippen LogP contribution is -2.35. The van der Waals surface area contributed by atoms with Crippen molar-refractivity contribution < 1.29 is 4.39 Å². The first-order valence-corrected chi connectivity index (χ1v) is 5.93. The predicted molar refractivity (Wildman–Crippen MR) is 63.3 cm³/mol. The van der Waals surface area contributed by atoms with Crippen LogP contribution in [0.2, 0.25) is 0 Å². The van der Waals surface area contributed by atoms with Crippen LogP contribution < -0.4 is 11.1 Å². The molecule has 0 amide bonds. The Morgan fingerprint density at radius 3 is 2.87 bits per heavy atom. The third-order valence-electron chi connectivity index (χ3n) is 2.84. The van der Waals surface area contributed by atoms with E-state index in [0.29, 0.717) is 5.69 Å². The molecule has 0 spiro atoms. The highest BCUT2D eigenvalue weighted by Gasteiger charge is 2.24. The number of anilines is 1. The third-order valence-corrected chi connectivity index (χ3v) is 3.33. The molecule has 1 aliphatic rings. The smallest absolute Gasteiger partial charge is 0.146 e. The van der Waals surface area contributed by atoms with Gasteiger partial charge in [0.25, 0.3) is 0 Å². The molecule has 3 N–H and O–H groups in total. The molecular formula is C11H14BrFN2. The van der Waals surface area contributed by atoms with Gasteiger partial charge in [-0.05, 0) is 37.5 Å². The number of nitrogens with one attached hydrogen (secondary N) is 1. The van der Waals surface area contributed by atoms with Gasteiger partial charge >= 0.3 is 0 Å². The zero-order chi connectivity index (χ0) is 10.8. The molecule has 0 saturated heterocycles. The van der Waals surface area contributed by atoms with Crippen LogP contribution in [-0.4, -0.2) is 12.1 Å². The second-order valence-corrected chi connectivity index (χ2v) is 4.89. The van der Waals surface area contributed by atoms with Crippen LogP contribution in [0.4, 0.5) is 10.1 Å². The molecule has 2 nitrogen and oxygen atoms in total. The van der Waals surface area contributed by atoms with Crippen LogP contribution in [0, 0.1) is 5.82 Å². The van der Waals surface area contributed by atoms with E-state index in [0.717, 1.165) is 23.7 Å². The second kappa shape index (κ2) is 4.49. The Morgan fingerprint density at radius 2 is 2.20 bits per heavy atom. The van der Waals surface area contributed by atoms with Gasteiger partial charge in [-0.3, -0.25) is 0 Å². The maximum Gasteiger partial charge on any atom is 0.146 e. The van der Waals surface area contributed by atoms with E-state index in [1.807, 2.05) is 0 Å².